The normalized spacial score (nSPS) is 21.9. The summed E-state index contributed by atoms with van der Waals surface area (Å²) in [6.07, 6.45) is 2.08. The lowest BCUT2D eigenvalue weighted by molar-refractivity contribution is 0.274. The summed E-state index contributed by atoms with van der Waals surface area (Å²) in [4.78, 5) is 2.28. The van der Waals surface area contributed by atoms with Gasteiger partial charge in [-0.3, -0.25) is 4.90 Å². The summed E-state index contributed by atoms with van der Waals surface area (Å²) < 4.78 is 0. The van der Waals surface area contributed by atoms with E-state index in [4.69, 9.17) is 10.9 Å². The van der Waals surface area contributed by atoms with Gasteiger partial charge in [0, 0.05) is 6.54 Å². The Bertz CT molecular complexity index is 417. The molecule has 3 N–H and O–H groups in total. The van der Waals surface area contributed by atoms with Gasteiger partial charge in [-0.25, -0.2) is 0 Å². The molecule has 17 heavy (non-hydrogen) atoms. The van der Waals surface area contributed by atoms with Gasteiger partial charge in [-0.1, -0.05) is 29.4 Å². The highest BCUT2D eigenvalue weighted by atomic mass is 16.4. The van der Waals surface area contributed by atoms with Crippen molar-refractivity contribution in [2.75, 3.05) is 6.54 Å². The Morgan fingerprint density at radius 3 is 3.00 bits per heavy atom. The number of rotatable bonds is 3. The molecule has 0 amide bonds. The van der Waals surface area contributed by atoms with Crippen LogP contribution in [0, 0.1) is 6.92 Å². The number of amidine groups is 1. The first kappa shape index (κ1) is 11.9. The van der Waals surface area contributed by atoms with Crippen molar-refractivity contribution in [3.8, 4) is 0 Å². The van der Waals surface area contributed by atoms with Gasteiger partial charge in [0.1, 0.15) is 0 Å². The number of aryl methyl sites for hydroxylation is 1. The number of nitrogens with two attached hydrogens (primary N) is 1. The molecule has 0 spiro atoms. The van der Waals surface area contributed by atoms with Crippen LogP contribution in [-0.4, -0.2) is 28.5 Å². The van der Waals surface area contributed by atoms with Crippen LogP contribution in [-0.2, 0) is 6.54 Å². The first-order valence-electron chi connectivity index (χ1n) is 5.98. The molecule has 1 aliphatic heterocycles. The van der Waals surface area contributed by atoms with Crippen LogP contribution >= 0.6 is 0 Å². The third kappa shape index (κ3) is 2.58. The van der Waals surface area contributed by atoms with Crippen LogP contribution in [0.4, 0.5) is 0 Å². The summed E-state index contributed by atoms with van der Waals surface area (Å²) in [7, 11) is 0. The van der Waals surface area contributed by atoms with Crippen molar-refractivity contribution in [1.82, 2.24) is 4.90 Å². The zero-order chi connectivity index (χ0) is 12.3. The molecule has 4 nitrogen and oxygen atoms in total. The average Bonchev–Trinajstić information content (AvgIpc) is 2.79. The molecule has 1 aliphatic rings. The van der Waals surface area contributed by atoms with Gasteiger partial charge in [0.25, 0.3) is 0 Å². The van der Waals surface area contributed by atoms with Crippen LogP contribution in [0.2, 0.25) is 0 Å². The second kappa shape index (κ2) is 5.19. The lowest BCUT2D eigenvalue weighted by Gasteiger charge is -2.23. The second-order valence-corrected chi connectivity index (χ2v) is 4.58. The molecule has 2 rings (SSSR count). The maximum Gasteiger partial charge on any atom is 0.156 e. The minimum absolute atomic E-state index is 0.0830. The number of hydrogen-bond donors (Lipinski definition) is 2. The molecule has 0 bridgehead atoms. The first-order valence-corrected chi connectivity index (χ1v) is 5.98. The van der Waals surface area contributed by atoms with Gasteiger partial charge in [0.05, 0.1) is 6.04 Å². The van der Waals surface area contributed by atoms with Gasteiger partial charge in [0.15, 0.2) is 5.84 Å². The van der Waals surface area contributed by atoms with E-state index >= 15 is 0 Å². The second-order valence-electron chi connectivity index (χ2n) is 4.58. The molecule has 0 radical (unpaired) electrons. The number of hydrogen-bond acceptors (Lipinski definition) is 3. The maximum atomic E-state index is 8.77. The van der Waals surface area contributed by atoms with Crippen LogP contribution < -0.4 is 5.73 Å². The van der Waals surface area contributed by atoms with Crippen LogP contribution in [0.15, 0.2) is 29.4 Å². The van der Waals surface area contributed by atoms with Gasteiger partial charge in [-0.15, -0.1) is 0 Å². The van der Waals surface area contributed by atoms with Crippen LogP contribution in [0.1, 0.15) is 24.0 Å². The van der Waals surface area contributed by atoms with Crippen molar-refractivity contribution in [3.05, 3.63) is 35.4 Å². The molecule has 92 valence electrons. The zero-order valence-corrected chi connectivity index (χ0v) is 10.1. The molecule has 1 aromatic carbocycles. The number of nitrogens with zero attached hydrogens (tertiary/aromatic N) is 2. The molecule has 1 aromatic rings. The predicted octanol–water partition coefficient (Wildman–Crippen LogP) is 1.71. The Kier molecular flexibility index (Phi) is 3.64. The maximum absolute atomic E-state index is 8.77. The quantitative estimate of drug-likeness (QED) is 0.361. The molecule has 0 aromatic heterocycles. The highest BCUT2D eigenvalue weighted by Gasteiger charge is 2.28. The number of likely N-dealkylation sites (tertiary alicyclic amines) is 1. The molecule has 1 heterocycles. The van der Waals surface area contributed by atoms with Crippen LogP contribution in [0.3, 0.4) is 0 Å². The minimum Gasteiger partial charge on any atom is -0.409 e. The highest BCUT2D eigenvalue weighted by molar-refractivity contribution is 5.85. The van der Waals surface area contributed by atoms with E-state index < -0.39 is 0 Å². The van der Waals surface area contributed by atoms with Gasteiger partial charge in [-0.05, 0) is 37.4 Å². The van der Waals surface area contributed by atoms with E-state index in [1.165, 1.54) is 11.1 Å². The largest absolute Gasteiger partial charge is 0.409 e. The highest BCUT2D eigenvalue weighted by Crippen LogP contribution is 2.21. The van der Waals surface area contributed by atoms with Crippen molar-refractivity contribution in [2.24, 2.45) is 10.9 Å². The fourth-order valence-electron chi connectivity index (χ4n) is 2.42. The monoisotopic (exact) mass is 233 g/mol. The third-order valence-electron chi connectivity index (χ3n) is 3.46. The average molecular weight is 233 g/mol. The Balaban J connectivity index is 2.11. The smallest absolute Gasteiger partial charge is 0.156 e. The van der Waals surface area contributed by atoms with Gasteiger partial charge < -0.3 is 10.9 Å². The van der Waals surface area contributed by atoms with Crippen LogP contribution in [0.25, 0.3) is 0 Å². The minimum atomic E-state index is 0.0830. The lowest BCUT2D eigenvalue weighted by atomic mass is 10.1. The van der Waals surface area contributed by atoms with E-state index in [0.717, 1.165) is 25.9 Å². The Hall–Kier alpha value is -1.55. The SMILES string of the molecule is Cc1ccccc1CN1CCCC1C(N)=NO. The third-order valence-corrected chi connectivity index (χ3v) is 3.46. The predicted molar refractivity (Wildman–Crippen MR) is 68.0 cm³/mol. The Morgan fingerprint density at radius 1 is 1.53 bits per heavy atom. The van der Waals surface area contributed by atoms with Crippen molar-refractivity contribution >= 4 is 5.84 Å². The van der Waals surface area contributed by atoms with E-state index in [0.29, 0.717) is 5.84 Å². The summed E-state index contributed by atoms with van der Waals surface area (Å²) in [5, 5.41) is 11.9. The van der Waals surface area contributed by atoms with Gasteiger partial charge in [-0.2, -0.15) is 0 Å². The van der Waals surface area contributed by atoms with E-state index in [1.54, 1.807) is 0 Å². The molecule has 0 saturated carbocycles. The molecule has 1 saturated heterocycles. The van der Waals surface area contributed by atoms with Crippen molar-refractivity contribution in [2.45, 2.75) is 32.4 Å². The molecule has 1 fully saturated rings. The standard InChI is InChI=1S/C13H19N3O/c1-10-5-2-3-6-11(10)9-16-8-4-7-12(16)13(14)15-17/h2-3,5-6,12,17H,4,7-9H2,1H3,(H2,14,15). The molecule has 0 aliphatic carbocycles. The fraction of sp³-hybridized carbons (Fsp3) is 0.462. The van der Waals surface area contributed by atoms with Gasteiger partial charge >= 0.3 is 0 Å². The van der Waals surface area contributed by atoms with Crippen molar-refractivity contribution < 1.29 is 5.21 Å². The number of benzene rings is 1. The topological polar surface area (TPSA) is 61.8 Å². The number of oxime groups is 1. The van der Waals surface area contributed by atoms with E-state index in [-0.39, 0.29) is 6.04 Å². The zero-order valence-electron chi connectivity index (χ0n) is 10.1. The Morgan fingerprint density at radius 2 is 2.29 bits per heavy atom. The van der Waals surface area contributed by atoms with E-state index in [9.17, 15) is 0 Å². The van der Waals surface area contributed by atoms with Crippen LogP contribution in [0.5, 0.6) is 0 Å². The van der Waals surface area contributed by atoms with E-state index in [2.05, 4.69) is 35.2 Å². The summed E-state index contributed by atoms with van der Waals surface area (Å²) in [6.45, 7) is 3.99. The first-order chi connectivity index (χ1) is 8.22. The fourth-order valence-corrected chi connectivity index (χ4v) is 2.42. The van der Waals surface area contributed by atoms with E-state index in [1.807, 2.05) is 6.07 Å². The molecule has 1 atom stereocenters. The molecule has 1 unspecified atom stereocenters. The summed E-state index contributed by atoms with van der Waals surface area (Å²) in [5.41, 5.74) is 8.32. The summed E-state index contributed by atoms with van der Waals surface area (Å²) >= 11 is 0. The molecular formula is C13H19N3O. The summed E-state index contributed by atoms with van der Waals surface area (Å²) in [5.74, 6) is 0.330. The van der Waals surface area contributed by atoms with Gasteiger partial charge in [0.2, 0.25) is 0 Å². The van der Waals surface area contributed by atoms with Crippen molar-refractivity contribution in [1.29, 1.82) is 0 Å². The molecular weight excluding hydrogens is 214 g/mol. The molecule has 4 heteroatoms. The summed E-state index contributed by atoms with van der Waals surface area (Å²) in [6, 6.07) is 8.43. The lowest BCUT2D eigenvalue weighted by Crippen LogP contribution is -2.40. The van der Waals surface area contributed by atoms with Crippen molar-refractivity contribution in [3.63, 3.8) is 0 Å². The Labute approximate surface area is 102 Å².